The van der Waals surface area contributed by atoms with Gasteiger partial charge in [0.1, 0.15) is 12.4 Å². The van der Waals surface area contributed by atoms with Crippen molar-refractivity contribution in [2.24, 2.45) is 5.41 Å². The molecule has 178 valence electrons. The standard InChI is InChI=1S/C30H30N2O3/c1-20(33)32-25-15-9-8-14-23(25)31-24-17-30(2,3)18-26(34)28(24)29(32)22-13-7-10-16-27(22)35-19-21-11-5-4-6-12-21/h4-16,29,31H,17-19H2,1-3H3/t29-/m1/s1. The lowest BCUT2D eigenvalue weighted by Crippen LogP contribution is -2.38. The highest BCUT2D eigenvalue weighted by Crippen LogP contribution is 2.49. The van der Waals surface area contributed by atoms with Crippen LogP contribution in [0.3, 0.4) is 0 Å². The van der Waals surface area contributed by atoms with Gasteiger partial charge in [-0.15, -0.1) is 0 Å². The predicted molar refractivity (Wildman–Crippen MR) is 138 cm³/mol. The van der Waals surface area contributed by atoms with E-state index in [0.29, 0.717) is 24.4 Å². The number of carbonyl (C=O) groups excluding carboxylic acids is 2. The molecule has 0 fully saturated rings. The van der Waals surface area contributed by atoms with Gasteiger partial charge in [-0.25, -0.2) is 0 Å². The molecule has 3 aromatic rings. The maximum absolute atomic E-state index is 13.7. The molecule has 0 bridgehead atoms. The molecule has 1 heterocycles. The van der Waals surface area contributed by atoms with Gasteiger partial charge in [-0.2, -0.15) is 0 Å². The van der Waals surface area contributed by atoms with Crippen molar-refractivity contribution in [3.8, 4) is 5.75 Å². The molecule has 5 nitrogen and oxygen atoms in total. The Hall–Kier alpha value is -3.86. The maximum Gasteiger partial charge on any atom is 0.224 e. The Labute approximate surface area is 206 Å². The first-order chi connectivity index (χ1) is 16.8. The average molecular weight is 467 g/mol. The lowest BCUT2D eigenvalue weighted by atomic mass is 9.73. The van der Waals surface area contributed by atoms with E-state index in [2.05, 4.69) is 19.2 Å². The van der Waals surface area contributed by atoms with E-state index in [9.17, 15) is 9.59 Å². The third-order valence-corrected chi connectivity index (χ3v) is 6.69. The summed E-state index contributed by atoms with van der Waals surface area (Å²) in [5.74, 6) is 0.593. The number of amides is 1. The van der Waals surface area contributed by atoms with Crippen molar-refractivity contribution in [3.63, 3.8) is 0 Å². The van der Waals surface area contributed by atoms with Crippen LogP contribution >= 0.6 is 0 Å². The van der Waals surface area contributed by atoms with Crippen LogP contribution in [0.15, 0.2) is 90.1 Å². The Morgan fingerprint density at radius 2 is 1.66 bits per heavy atom. The fourth-order valence-electron chi connectivity index (χ4n) is 5.20. The fourth-order valence-corrected chi connectivity index (χ4v) is 5.20. The lowest BCUT2D eigenvalue weighted by Gasteiger charge is -2.37. The number of ketones is 1. The van der Waals surface area contributed by atoms with E-state index in [4.69, 9.17) is 4.74 Å². The van der Waals surface area contributed by atoms with Gasteiger partial charge in [-0.3, -0.25) is 14.5 Å². The number of benzene rings is 3. The number of para-hydroxylation sites is 3. The van der Waals surface area contributed by atoms with E-state index in [1.165, 1.54) is 0 Å². The Morgan fingerprint density at radius 3 is 2.43 bits per heavy atom. The molecule has 35 heavy (non-hydrogen) atoms. The molecule has 0 saturated heterocycles. The van der Waals surface area contributed by atoms with Gasteiger partial charge in [0.2, 0.25) is 5.91 Å². The lowest BCUT2D eigenvalue weighted by molar-refractivity contribution is -0.118. The number of ether oxygens (including phenoxy) is 1. The molecule has 5 heteroatoms. The largest absolute Gasteiger partial charge is 0.489 e. The van der Waals surface area contributed by atoms with Crippen molar-refractivity contribution < 1.29 is 14.3 Å². The molecule has 1 atom stereocenters. The van der Waals surface area contributed by atoms with Crippen LogP contribution < -0.4 is 15.0 Å². The molecule has 0 unspecified atom stereocenters. The Kier molecular flexibility index (Phi) is 5.93. The summed E-state index contributed by atoms with van der Waals surface area (Å²) < 4.78 is 6.30. The molecule has 3 aromatic carbocycles. The molecular formula is C30H30N2O3. The van der Waals surface area contributed by atoms with E-state index in [0.717, 1.165) is 34.6 Å². The minimum Gasteiger partial charge on any atom is -0.489 e. The molecule has 1 aliphatic heterocycles. The van der Waals surface area contributed by atoms with Crippen LogP contribution in [0.4, 0.5) is 11.4 Å². The third kappa shape index (κ3) is 4.46. The van der Waals surface area contributed by atoms with Gasteiger partial charge in [0, 0.05) is 30.2 Å². The summed E-state index contributed by atoms with van der Waals surface area (Å²) in [5, 5.41) is 3.53. The molecule has 0 radical (unpaired) electrons. The van der Waals surface area contributed by atoms with Crippen LogP contribution in [0.2, 0.25) is 0 Å². The quantitative estimate of drug-likeness (QED) is 0.481. The van der Waals surface area contributed by atoms with Crippen molar-refractivity contribution in [1.82, 2.24) is 0 Å². The summed E-state index contributed by atoms with van der Waals surface area (Å²) in [4.78, 5) is 28.7. The first kappa shape index (κ1) is 22.9. The molecule has 5 rings (SSSR count). The average Bonchev–Trinajstić information content (AvgIpc) is 2.97. The number of rotatable bonds is 4. The van der Waals surface area contributed by atoms with E-state index in [-0.39, 0.29) is 17.1 Å². The second-order valence-corrected chi connectivity index (χ2v) is 10.1. The zero-order chi connectivity index (χ0) is 24.6. The third-order valence-electron chi connectivity index (χ3n) is 6.69. The molecule has 1 aliphatic carbocycles. The van der Waals surface area contributed by atoms with Crippen molar-refractivity contribution in [1.29, 1.82) is 0 Å². The Morgan fingerprint density at radius 1 is 0.971 bits per heavy atom. The van der Waals surface area contributed by atoms with Gasteiger partial charge >= 0.3 is 0 Å². The highest BCUT2D eigenvalue weighted by Gasteiger charge is 2.43. The number of anilines is 2. The molecule has 1 amide bonds. The number of allylic oxidation sites excluding steroid dienone is 1. The number of hydrogen-bond acceptors (Lipinski definition) is 4. The van der Waals surface area contributed by atoms with Crippen LogP contribution in [0, 0.1) is 5.41 Å². The zero-order valence-electron chi connectivity index (χ0n) is 20.4. The molecule has 1 N–H and O–H groups in total. The van der Waals surface area contributed by atoms with Crippen molar-refractivity contribution in [2.75, 3.05) is 10.2 Å². The van der Waals surface area contributed by atoms with Gasteiger partial charge in [0.15, 0.2) is 5.78 Å². The van der Waals surface area contributed by atoms with Gasteiger partial charge in [0.05, 0.1) is 17.4 Å². The SMILES string of the molecule is CC(=O)N1c2ccccc2NC2=C(C(=O)CC(C)(C)C2)[C@H]1c1ccccc1OCc1ccccc1. The summed E-state index contributed by atoms with van der Waals surface area (Å²) in [6.45, 7) is 6.18. The number of Topliss-reactive ketones (excluding diaryl/α,β-unsaturated/α-hetero) is 1. The monoisotopic (exact) mass is 466 g/mol. The zero-order valence-corrected chi connectivity index (χ0v) is 20.4. The molecule has 0 saturated carbocycles. The number of fused-ring (bicyclic) bond motifs is 1. The highest BCUT2D eigenvalue weighted by molar-refractivity contribution is 6.06. The van der Waals surface area contributed by atoms with Gasteiger partial charge in [0.25, 0.3) is 0 Å². The van der Waals surface area contributed by atoms with E-state index >= 15 is 0 Å². The summed E-state index contributed by atoms with van der Waals surface area (Å²) >= 11 is 0. The van der Waals surface area contributed by atoms with E-state index < -0.39 is 6.04 Å². The first-order valence-corrected chi connectivity index (χ1v) is 12.0. The Bertz CT molecular complexity index is 1310. The fraction of sp³-hybridized carbons (Fsp3) is 0.267. The summed E-state index contributed by atoms with van der Waals surface area (Å²) in [5.41, 5.74) is 4.79. The number of nitrogens with one attached hydrogen (secondary N) is 1. The smallest absolute Gasteiger partial charge is 0.224 e. The van der Waals surface area contributed by atoms with Crippen molar-refractivity contribution in [2.45, 2.75) is 46.3 Å². The van der Waals surface area contributed by atoms with Crippen LogP contribution in [0.1, 0.15) is 50.8 Å². The number of nitrogens with zero attached hydrogens (tertiary/aromatic N) is 1. The minimum atomic E-state index is -0.589. The van der Waals surface area contributed by atoms with Crippen LogP contribution in [0.25, 0.3) is 0 Å². The van der Waals surface area contributed by atoms with Crippen LogP contribution in [-0.2, 0) is 16.2 Å². The van der Waals surface area contributed by atoms with E-state index in [1.807, 2.05) is 78.9 Å². The van der Waals surface area contributed by atoms with Gasteiger partial charge in [-0.1, -0.05) is 74.5 Å². The van der Waals surface area contributed by atoms with Gasteiger partial charge < -0.3 is 10.1 Å². The van der Waals surface area contributed by atoms with E-state index in [1.54, 1.807) is 11.8 Å². The van der Waals surface area contributed by atoms with Crippen LogP contribution in [-0.4, -0.2) is 11.7 Å². The number of carbonyl (C=O) groups is 2. The molecular weight excluding hydrogens is 436 g/mol. The normalized spacial score (nSPS) is 18.8. The van der Waals surface area contributed by atoms with Crippen LogP contribution in [0.5, 0.6) is 5.75 Å². The predicted octanol–water partition coefficient (Wildman–Crippen LogP) is 6.43. The summed E-state index contributed by atoms with van der Waals surface area (Å²) in [6, 6.07) is 24.9. The topological polar surface area (TPSA) is 58.6 Å². The van der Waals surface area contributed by atoms with Crippen molar-refractivity contribution >= 4 is 23.1 Å². The molecule has 0 spiro atoms. The summed E-state index contributed by atoms with van der Waals surface area (Å²) in [6.07, 6.45) is 1.15. The number of hydrogen-bond donors (Lipinski definition) is 1. The molecule has 2 aliphatic rings. The van der Waals surface area contributed by atoms with Gasteiger partial charge in [-0.05, 0) is 35.6 Å². The second kappa shape index (κ2) is 9.06. The Balaban J connectivity index is 1.68. The molecule has 0 aromatic heterocycles. The highest BCUT2D eigenvalue weighted by atomic mass is 16.5. The second-order valence-electron chi connectivity index (χ2n) is 10.1. The minimum absolute atomic E-state index is 0.0608. The summed E-state index contributed by atoms with van der Waals surface area (Å²) in [7, 11) is 0. The van der Waals surface area contributed by atoms with Crippen molar-refractivity contribution in [3.05, 3.63) is 101 Å². The first-order valence-electron chi connectivity index (χ1n) is 12.0. The maximum atomic E-state index is 13.7.